The van der Waals surface area contributed by atoms with Crippen LogP contribution >= 0.6 is 11.8 Å². The molecule has 0 radical (unpaired) electrons. The molecular formula is C8H14N2S. The Morgan fingerprint density at radius 3 is 2.36 bits per heavy atom. The number of nitrogens with one attached hydrogen (secondary N) is 1. The van der Waals surface area contributed by atoms with Crippen LogP contribution < -0.4 is 5.32 Å². The van der Waals surface area contributed by atoms with Crippen LogP contribution in [0.25, 0.3) is 0 Å². The van der Waals surface area contributed by atoms with Crippen LogP contribution in [0.5, 0.6) is 0 Å². The van der Waals surface area contributed by atoms with E-state index in [1.165, 1.54) is 19.3 Å². The molecule has 0 amide bonds. The Labute approximate surface area is 72.4 Å². The van der Waals surface area contributed by atoms with Gasteiger partial charge in [-0.1, -0.05) is 6.42 Å². The molecule has 1 aliphatic carbocycles. The second-order valence-corrected chi connectivity index (χ2v) is 4.19. The summed E-state index contributed by atoms with van der Waals surface area (Å²) in [4.78, 5) is 0. The van der Waals surface area contributed by atoms with Gasteiger partial charge in [0.2, 0.25) is 0 Å². The average Bonchev–Trinajstić information content (AvgIpc) is 1.96. The molecule has 0 aromatic heterocycles. The topological polar surface area (TPSA) is 35.8 Å². The van der Waals surface area contributed by atoms with Gasteiger partial charge in [0.15, 0.2) is 0 Å². The molecule has 0 aliphatic heterocycles. The number of hydrogen-bond acceptors (Lipinski definition) is 3. The SMILES string of the molecule is CNC(C#N)C1(SC)CCC1. The van der Waals surface area contributed by atoms with Crippen LogP contribution in [0.3, 0.4) is 0 Å². The summed E-state index contributed by atoms with van der Waals surface area (Å²) in [6, 6.07) is 2.35. The fourth-order valence-corrected chi connectivity index (χ4v) is 2.68. The maximum atomic E-state index is 8.83. The molecule has 1 N–H and O–H groups in total. The summed E-state index contributed by atoms with van der Waals surface area (Å²) < 4.78 is 0.226. The van der Waals surface area contributed by atoms with Gasteiger partial charge in [-0.25, -0.2) is 0 Å². The highest BCUT2D eigenvalue weighted by molar-refractivity contribution is 8.00. The molecule has 1 saturated carbocycles. The maximum absolute atomic E-state index is 8.83. The first kappa shape index (κ1) is 8.89. The zero-order valence-electron chi connectivity index (χ0n) is 7.05. The van der Waals surface area contributed by atoms with E-state index in [9.17, 15) is 0 Å². The zero-order valence-corrected chi connectivity index (χ0v) is 7.87. The number of nitriles is 1. The van der Waals surface area contributed by atoms with Gasteiger partial charge >= 0.3 is 0 Å². The first-order valence-corrected chi connectivity index (χ1v) is 5.13. The minimum absolute atomic E-state index is 0.0336. The van der Waals surface area contributed by atoms with E-state index in [0.717, 1.165) is 0 Å². The Bertz CT molecular complexity index is 164. The minimum atomic E-state index is 0.0336. The molecule has 1 atom stereocenters. The Balaban J connectivity index is 2.61. The molecule has 1 rings (SSSR count). The second-order valence-electron chi connectivity index (χ2n) is 2.97. The summed E-state index contributed by atoms with van der Waals surface area (Å²) >= 11 is 1.83. The van der Waals surface area contributed by atoms with Gasteiger partial charge in [0.25, 0.3) is 0 Å². The highest BCUT2D eigenvalue weighted by atomic mass is 32.2. The third-order valence-electron chi connectivity index (χ3n) is 2.55. The lowest BCUT2D eigenvalue weighted by Crippen LogP contribution is -2.50. The van der Waals surface area contributed by atoms with Crippen molar-refractivity contribution in [2.75, 3.05) is 13.3 Å². The first-order chi connectivity index (χ1) is 5.29. The minimum Gasteiger partial charge on any atom is -0.304 e. The van der Waals surface area contributed by atoms with Crippen LogP contribution in [0.1, 0.15) is 19.3 Å². The van der Waals surface area contributed by atoms with Gasteiger partial charge < -0.3 is 5.32 Å². The molecule has 0 aromatic carbocycles. The number of hydrogen-bond donors (Lipinski definition) is 1. The molecule has 1 unspecified atom stereocenters. The fraction of sp³-hybridized carbons (Fsp3) is 0.875. The van der Waals surface area contributed by atoms with Crippen molar-refractivity contribution in [2.45, 2.75) is 30.1 Å². The Kier molecular flexibility index (Phi) is 2.80. The Hall–Kier alpha value is -0.200. The molecule has 0 aromatic rings. The van der Waals surface area contributed by atoms with Gasteiger partial charge in [0.05, 0.1) is 6.07 Å². The average molecular weight is 170 g/mol. The molecule has 62 valence electrons. The number of rotatable bonds is 3. The van der Waals surface area contributed by atoms with E-state index < -0.39 is 0 Å². The van der Waals surface area contributed by atoms with Crippen molar-refractivity contribution in [1.82, 2.24) is 5.32 Å². The van der Waals surface area contributed by atoms with Crippen LogP contribution in [-0.2, 0) is 0 Å². The van der Waals surface area contributed by atoms with Crippen molar-refractivity contribution in [3.63, 3.8) is 0 Å². The van der Waals surface area contributed by atoms with Crippen molar-refractivity contribution in [2.24, 2.45) is 0 Å². The van der Waals surface area contributed by atoms with E-state index in [1.807, 2.05) is 18.8 Å². The molecule has 1 fully saturated rings. The van der Waals surface area contributed by atoms with Crippen molar-refractivity contribution in [3.05, 3.63) is 0 Å². The smallest absolute Gasteiger partial charge is 0.110 e. The molecule has 0 spiro atoms. The monoisotopic (exact) mass is 170 g/mol. The van der Waals surface area contributed by atoms with E-state index in [-0.39, 0.29) is 10.8 Å². The summed E-state index contributed by atoms with van der Waals surface area (Å²) in [5.74, 6) is 0. The Morgan fingerprint density at radius 1 is 1.64 bits per heavy atom. The summed E-state index contributed by atoms with van der Waals surface area (Å²) in [7, 11) is 1.87. The lowest BCUT2D eigenvalue weighted by Gasteiger charge is -2.43. The summed E-state index contributed by atoms with van der Waals surface area (Å²) in [6.45, 7) is 0. The van der Waals surface area contributed by atoms with E-state index >= 15 is 0 Å². The van der Waals surface area contributed by atoms with Gasteiger partial charge in [0.1, 0.15) is 6.04 Å². The van der Waals surface area contributed by atoms with E-state index in [2.05, 4.69) is 17.6 Å². The highest BCUT2D eigenvalue weighted by Gasteiger charge is 2.43. The van der Waals surface area contributed by atoms with Crippen molar-refractivity contribution in [1.29, 1.82) is 5.26 Å². The standard InChI is InChI=1S/C8H14N2S/c1-10-7(6-9)8(11-2)4-3-5-8/h7,10H,3-5H2,1-2H3. The molecule has 0 heterocycles. The number of nitrogens with zero attached hydrogens (tertiary/aromatic N) is 1. The second kappa shape index (κ2) is 3.46. The predicted octanol–water partition coefficient (Wildman–Crippen LogP) is 1.38. The maximum Gasteiger partial charge on any atom is 0.110 e. The predicted molar refractivity (Wildman–Crippen MR) is 48.6 cm³/mol. The summed E-state index contributed by atoms with van der Waals surface area (Å²) in [6.07, 6.45) is 5.75. The quantitative estimate of drug-likeness (QED) is 0.695. The normalized spacial score (nSPS) is 23.4. The van der Waals surface area contributed by atoms with Crippen LogP contribution in [0, 0.1) is 11.3 Å². The molecule has 11 heavy (non-hydrogen) atoms. The van der Waals surface area contributed by atoms with Gasteiger partial charge in [0, 0.05) is 4.75 Å². The molecular weight excluding hydrogens is 156 g/mol. The van der Waals surface area contributed by atoms with Crippen molar-refractivity contribution >= 4 is 11.8 Å². The van der Waals surface area contributed by atoms with Crippen LogP contribution in [0.15, 0.2) is 0 Å². The lowest BCUT2D eigenvalue weighted by atomic mass is 9.79. The summed E-state index contributed by atoms with van der Waals surface area (Å²) in [5, 5.41) is 11.9. The fourth-order valence-electron chi connectivity index (χ4n) is 1.58. The largest absolute Gasteiger partial charge is 0.304 e. The van der Waals surface area contributed by atoms with E-state index in [0.29, 0.717) is 0 Å². The van der Waals surface area contributed by atoms with Crippen molar-refractivity contribution in [3.8, 4) is 6.07 Å². The lowest BCUT2D eigenvalue weighted by molar-refractivity contribution is 0.316. The third kappa shape index (κ3) is 1.38. The van der Waals surface area contributed by atoms with Crippen LogP contribution in [0.2, 0.25) is 0 Å². The van der Waals surface area contributed by atoms with Gasteiger partial charge in [-0.05, 0) is 26.1 Å². The third-order valence-corrected chi connectivity index (χ3v) is 4.01. The van der Waals surface area contributed by atoms with Gasteiger partial charge in [-0.2, -0.15) is 17.0 Å². The number of thioether (sulfide) groups is 1. The van der Waals surface area contributed by atoms with Crippen LogP contribution in [0.4, 0.5) is 0 Å². The summed E-state index contributed by atoms with van der Waals surface area (Å²) in [5.41, 5.74) is 0. The van der Waals surface area contributed by atoms with E-state index in [1.54, 1.807) is 0 Å². The molecule has 0 saturated heterocycles. The first-order valence-electron chi connectivity index (χ1n) is 3.91. The van der Waals surface area contributed by atoms with Gasteiger partial charge in [-0.15, -0.1) is 0 Å². The zero-order chi connectivity index (χ0) is 8.32. The highest BCUT2D eigenvalue weighted by Crippen LogP contribution is 2.45. The molecule has 2 nitrogen and oxygen atoms in total. The Morgan fingerprint density at radius 2 is 2.27 bits per heavy atom. The van der Waals surface area contributed by atoms with Crippen molar-refractivity contribution < 1.29 is 0 Å². The molecule has 1 aliphatic rings. The molecule has 3 heteroatoms. The van der Waals surface area contributed by atoms with Gasteiger partial charge in [-0.3, -0.25) is 0 Å². The van der Waals surface area contributed by atoms with Crippen LogP contribution in [-0.4, -0.2) is 24.1 Å². The molecule has 0 bridgehead atoms. The van der Waals surface area contributed by atoms with E-state index in [4.69, 9.17) is 5.26 Å².